The van der Waals surface area contributed by atoms with Crippen molar-refractivity contribution in [3.63, 3.8) is 0 Å². The third kappa shape index (κ3) is 4.79. The number of benzene rings is 2. The van der Waals surface area contributed by atoms with Gasteiger partial charge in [0.1, 0.15) is 0 Å². The monoisotopic (exact) mass is 417 g/mol. The first-order chi connectivity index (χ1) is 13.5. The number of Topliss-reactive ketones (excluding diaryl/α,β-unsaturated/α-hetero) is 1. The van der Waals surface area contributed by atoms with Gasteiger partial charge in [0.2, 0.25) is 10.0 Å². The molecule has 2 aromatic rings. The molecular weight excluding hydrogens is 386 g/mol. The first-order valence-corrected chi connectivity index (χ1v) is 11.1. The summed E-state index contributed by atoms with van der Waals surface area (Å²) in [5.74, 6) is 0.0497. The van der Waals surface area contributed by atoms with Crippen LogP contribution in [0.3, 0.4) is 0 Å². The van der Waals surface area contributed by atoms with Crippen LogP contribution in [0.1, 0.15) is 46.5 Å². The SMILES string of the molecule is CCNc1ccc(S(=O)(=O)N(C)C)cc1NCc1c(C)cc(C)c(C(C)=O)c1C. The van der Waals surface area contributed by atoms with Crippen LogP contribution in [0.25, 0.3) is 0 Å². The van der Waals surface area contributed by atoms with Gasteiger partial charge in [-0.3, -0.25) is 4.79 Å². The number of nitrogens with one attached hydrogen (secondary N) is 2. The van der Waals surface area contributed by atoms with E-state index < -0.39 is 10.0 Å². The van der Waals surface area contributed by atoms with Crippen LogP contribution in [0.2, 0.25) is 0 Å². The van der Waals surface area contributed by atoms with Gasteiger partial charge in [-0.15, -0.1) is 0 Å². The Morgan fingerprint density at radius 1 is 1.00 bits per heavy atom. The van der Waals surface area contributed by atoms with Crippen LogP contribution >= 0.6 is 0 Å². The minimum atomic E-state index is -3.53. The van der Waals surface area contributed by atoms with E-state index in [1.807, 2.05) is 33.8 Å². The maximum Gasteiger partial charge on any atom is 0.242 e. The smallest absolute Gasteiger partial charge is 0.242 e. The predicted molar refractivity (Wildman–Crippen MR) is 119 cm³/mol. The third-order valence-electron chi connectivity index (χ3n) is 5.08. The molecule has 0 aliphatic heterocycles. The number of anilines is 2. The van der Waals surface area contributed by atoms with Crippen molar-refractivity contribution >= 4 is 27.2 Å². The van der Waals surface area contributed by atoms with E-state index in [2.05, 4.69) is 10.6 Å². The average molecular weight is 418 g/mol. The molecule has 2 rings (SSSR count). The lowest BCUT2D eigenvalue weighted by Crippen LogP contribution is -2.22. The molecule has 158 valence electrons. The number of ketones is 1. The summed E-state index contributed by atoms with van der Waals surface area (Å²) < 4.78 is 26.3. The van der Waals surface area contributed by atoms with Crippen molar-refractivity contribution in [1.29, 1.82) is 0 Å². The molecule has 0 atom stereocenters. The zero-order valence-electron chi connectivity index (χ0n) is 18.3. The van der Waals surface area contributed by atoms with Crippen molar-refractivity contribution in [3.05, 3.63) is 52.1 Å². The number of aryl methyl sites for hydroxylation is 2. The normalized spacial score (nSPS) is 11.6. The van der Waals surface area contributed by atoms with E-state index in [0.717, 1.165) is 33.5 Å². The number of sulfonamides is 1. The second-order valence-electron chi connectivity index (χ2n) is 7.42. The summed E-state index contributed by atoms with van der Waals surface area (Å²) in [6.45, 7) is 10.7. The van der Waals surface area contributed by atoms with E-state index in [4.69, 9.17) is 0 Å². The second kappa shape index (κ2) is 8.97. The lowest BCUT2D eigenvalue weighted by Gasteiger charge is -2.20. The summed E-state index contributed by atoms with van der Waals surface area (Å²) in [6, 6.07) is 7.06. The maximum absolute atomic E-state index is 12.5. The highest BCUT2D eigenvalue weighted by molar-refractivity contribution is 7.89. The highest BCUT2D eigenvalue weighted by Crippen LogP contribution is 2.29. The zero-order valence-corrected chi connectivity index (χ0v) is 19.1. The molecule has 6 nitrogen and oxygen atoms in total. The van der Waals surface area contributed by atoms with Gasteiger partial charge in [0.25, 0.3) is 0 Å². The molecule has 0 radical (unpaired) electrons. The van der Waals surface area contributed by atoms with Gasteiger partial charge in [-0.25, -0.2) is 12.7 Å². The summed E-state index contributed by atoms with van der Waals surface area (Å²) in [4.78, 5) is 12.3. The molecule has 0 aliphatic rings. The van der Waals surface area contributed by atoms with Crippen LogP contribution in [-0.4, -0.2) is 39.1 Å². The molecule has 0 saturated heterocycles. The quantitative estimate of drug-likeness (QED) is 0.632. The van der Waals surface area contributed by atoms with E-state index in [9.17, 15) is 13.2 Å². The summed E-state index contributed by atoms with van der Waals surface area (Å²) in [5, 5.41) is 6.64. The summed E-state index contributed by atoms with van der Waals surface area (Å²) >= 11 is 0. The van der Waals surface area contributed by atoms with Crippen LogP contribution < -0.4 is 10.6 Å². The fraction of sp³-hybridized carbons (Fsp3) is 0.409. The molecule has 0 heterocycles. The number of rotatable bonds is 8. The van der Waals surface area contributed by atoms with Gasteiger partial charge in [0, 0.05) is 32.7 Å². The molecule has 0 spiro atoms. The fourth-order valence-electron chi connectivity index (χ4n) is 3.61. The molecule has 0 amide bonds. The Bertz CT molecular complexity index is 1030. The Morgan fingerprint density at radius 3 is 2.21 bits per heavy atom. The minimum absolute atomic E-state index is 0.0497. The van der Waals surface area contributed by atoms with Crippen molar-refractivity contribution in [2.75, 3.05) is 31.3 Å². The molecule has 0 bridgehead atoms. The first-order valence-electron chi connectivity index (χ1n) is 9.65. The van der Waals surface area contributed by atoms with Crippen molar-refractivity contribution < 1.29 is 13.2 Å². The van der Waals surface area contributed by atoms with Crippen LogP contribution in [0.5, 0.6) is 0 Å². The van der Waals surface area contributed by atoms with Crippen molar-refractivity contribution in [2.45, 2.75) is 46.1 Å². The Kier molecular flexibility index (Phi) is 7.08. The first kappa shape index (κ1) is 22.9. The topological polar surface area (TPSA) is 78.5 Å². The molecule has 0 unspecified atom stereocenters. The molecule has 0 saturated carbocycles. The zero-order chi connectivity index (χ0) is 21.9. The van der Waals surface area contributed by atoms with Gasteiger partial charge in [-0.2, -0.15) is 0 Å². The number of nitrogens with zero attached hydrogens (tertiary/aromatic N) is 1. The van der Waals surface area contributed by atoms with E-state index in [1.165, 1.54) is 18.4 Å². The van der Waals surface area contributed by atoms with Gasteiger partial charge in [0.05, 0.1) is 16.3 Å². The summed E-state index contributed by atoms with van der Waals surface area (Å²) in [5.41, 5.74) is 6.37. The minimum Gasteiger partial charge on any atom is -0.384 e. The molecular formula is C22H31N3O3S. The van der Waals surface area contributed by atoms with Crippen LogP contribution in [0, 0.1) is 20.8 Å². The predicted octanol–water partition coefficient (Wildman–Crippen LogP) is 4.11. The van der Waals surface area contributed by atoms with E-state index in [-0.39, 0.29) is 10.7 Å². The Morgan fingerprint density at radius 2 is 1.66 bits per heavy atom. The molecule has 2 N–H and O–H groups in total. The Labute approximate surface area is 174 Å². The summed E-state index contributed by atoms with van der Waals surface area (Å²) in [6.07, 6.45) is 0. The highest BCUT2D eigenvalue weighted by atomic mass is 32.2. The van der Waals surface area contributed by atoms with Gasteiger partial charge in [-0.05, 0) is 75.1 Å². The number of hydrogen-bond acceptors (Lipinski definition) is 5. The van der Waals surface area contributed by atoms with E-state index >= 15 is 0 Å². The fourth-order valence-corrected chi connectivity index (χ4v) is 4.54. The standard InChI is InChI=1S/C22H31N3O3S/c1-8-23-20-10-9-18(29(27,28)25(6)7)12-21(20)24-13-19-14(2)11-15(3)22(16(19)4)17(5)26/h9-12,23-24H,8,13H2,1-7H3. The van der Waals surface area contributed by atoms with E-state index in [1.54, 1.807) is 25.1 Å². The number of carbonyl (C=O) groups is 1. The van der Waals surface area contributed by atoms with Gasteiger partial charge in [0.15, 0.2) is 5.78 Å². The lowest BCUT2D eigenvalue weighted by molar-refractivity contribution is 0.101. The van der Waals surface area contributed by atoms with Crippen LogP contribution in [-0.2, 0) is 16.6 Å². The maximum atomic E-state index is 12.5. The van der Waals surface area contributed by atoms with Crippen molar-refractivity contribution in [2.24, 2.45) is 0 Å². The largest absolute Gasteiger partial charge is 0.384 e. The van der Waals surface area contributed by atoms with Crippen LogP contribution in [0.15, 0.2) is 29.2 Å². The van der Waals surface area contributed by atoms with Gasteiger partial charge < -0.3 is 10.6 Å². The average Bonchev–Trinajstić information content (AvgIpc) is 2.61. The molecule has 0 aromatic heterocycles. The third-order valence-corrected chi connectivity index (χ3v) is 6.89. The molecule has 29 heavy (non-hydrogen) atoms. The number of carbonyl (C=O) groups excluding carboxylic acids is 1. The molecule has 0 fully saturated rings. The molecule has 7 heteroatoms. The summed E-state index contributed by atoms with van der Waals surface area (Å²) in [7, 11) is -0.499. The number of hydrogen-bond donors (Lipinski definition) is 2. The highest BCUT2D eigenvalue weighted by Gasteiger charge is 2.19. The van der Waals surface area contributed by atoms with E-state index in [0.29, 0.717) is 18.8 Å². The second-order valence-corrected chi connectivity index (χ2v) is 9.58. The lowest BCUT2D eigenvalue weighted by atomic mass is 9.91. The molecule has 2 aromatic carbocycles. The Balaban J connectivity index is 2.47. The van der Waals surface area contributed by atoms with Crippen LogP contribution in [0.4, 0.5) is 11.4 Å². The van der Waals surface area contributed by atoms with Gasteiger partial charge >= 0.3 is 0 Å². The molecule has 0 aliphatic carbocycles. The van der Waals surface area contributed by atoms with Crippen molar-refractivity contribution in [1.82, 2.24) is 4.31 Å². The van der Waals surface area contributed by atoms with Crippen molar-refractivity contribution in [3.8, 4) is 0 Å². The Hall–Kier alpha value is -2.38. The van der Waals surface area contributed by atoms with Gasteiger partial charge in [-0.1, -0.05) is 6.07 Å².